The van der Waals surface area contributed by atoms with Gasteiger partial charge in [-0.05, 0) is 48.0 Å². The first-order chi connectivity index (χ1) is 15.4. The van der Waals surface area contributed by atoms with Crippen LogP contribution in [0.25, 0.3) is 0 Å². The number of carbonyl (C=O) groups excluding carboxylic acids is 2. The van der Waals surface area contributed by atoms with Gasteiger partial charge in [-0.2, -0.15) is 13.2 Å². The molecule has 6 nitrogen and oxygen atoms in total. The number of hydroxylamine groups is 1. The minimum atomic E-state index is -4.60. The van der Waals surface area contributed by atoms with Gasteiger partial charge in [0.15, 0.2) is 6.10 Å². The number of aromatic nitrogens is 1. The zero-order chi connectivity index (χ0) is 22.5. The number of imide groups is 1. The summed E-state index contributed by atoms with van der Waals surface area (Å²) in [5, 5.41) is 1.52. The van der Waals surface area contributed by atoms with E-state index in [1.165, 1.54) is 17.2 Å². The summed E-state index contributed by atoms with van der Waals surface area (Å²) in [5.74, 6) is -2.24. The molecule has 2 saturated heterocycles. The molecular formula is C23H16F3N3O3. The van der Waals surface area contributed by atoms with Gasteiger partial charge >= 0.3 is 6.18 Å². The molecule has 0 saturated carbocycles. The molecule has 3 atom stereocenters. The quantitative estimate of drug-likeness (QED) is 0.574. The Labute approximate surface area is 180 Å². The molecule has 2 aliphatic rings. The number of hydrogen-bond acceptors (Lipinski definition) is 5. The van der Waals surface area contributed by atoms with Crippen molar-refractivity contribution in [2.24, 2.45) is 5.92 Å². The number of halogens is 3. The van der Waals surface area contributed by atoms with Crippen molar-refractivity contribution in [3.05, 3.63) is 90.3 Å². The number of alkyl halides is 3. The minimum absolute atomic E-state index is 0.132. The molecule has 0 aliphatic carbocycles. The molecule has 9 heteroatoms. The third kappa shape index (κ3) is 3.21. The van der Waals surface area contributed by atoms with Crippen molar-refractivity contribution in [2.75, 3.05) is 9.96 Å². The number of hydrogen-bond donors (Lipinski definition) is 0. The summed E-state index contributed by atoms with van der Waals surface area (Å²) in [7, 11) is 0. The van der Waals surface area contributed by atoms with E-state index in [-0.39, 0.29) is 5.69 Å². The number of fused-ring (bicyclic) bond motifs is 1. The lowest BCUT2D eigenvalue weighted by molar-refractivity contribution is -0.137. The van der Waals surface area contributed by atoms with Gasteiger partial charge in [0, 0.05) is 12.4 Å². The topological polar surface area (TPSA) is 62.7 Å². The second-order valence-electron chi connectivity index (χ2n) is 7.50. The fraction of sp³-hybridized carbons (Fsp3) is 0.174. The van der Waals surface area contributed by atoms with E-state index in [0.29, 0.717) is 11.3 Å². The summed E-state index contributed by atoms with van der Waals surface area (Å²) in [6, 6.07) is 16.0. The highest BCUT2D eigenvalue weighted by Crippen LogP contribution is 2.47. The minimum Gasteiger partial charge on any atom is -0.273 e. The number of anilines is 2. The molecule has 0 unspecified atom stereocenters. The standard InChI is InChI=1S/C23H16F3N3O3/c24-23(25,26)15-5-4-8-17(13-15)28-21(30)18-19(14-9-11-27-12-10-14)29(32-20(18)22(28)31)16-6-2-1-3-7-16/h1-13,18-20H/t18-,19-,20-/m1/s1. The first-order valence-electron chi connectivity index (χ1n) is 9.82. The molecule has 3 aromatic rings. The van der Waals surface area contributed by atoms with Gasteiger partial charge in [0.1, 0.15) is 5.92 Å². The molecule has 162 valence electrons. The van der Waals surface area contributed by atoms with Gasteiger partial charge in [-0.25, -0.2) is 9.96 Å². The summed E-state index contributed by atoms with van der Waals surface area (Å²) in [6.45, 7) is 0. The molecule has 2 fully saturated rings. The van der Waals surface area contributed by atoms with Gasteiger partial charge in [-0.1, -0.05) is 24.3 Å². The highest BCUT2D eigenvalue weighted by atomic mass is 19.4. The van der Waals surface area contributed by atoms with E-state index >= 15 is 0 Å². The predicted molar refractivity (Wildman–Crippen MR) is 108 cm³/mol. The zero-order valence-corrected chi connectivity index (χ0v) is 16.4. The number of para-hydroxylation sites is 1. The van der Waals surface area contributed by atoms with Crippen LogP contribution in [0.2, 0.25) is 0 Å². The molecule has 1 aromatic heterocycles. The smallest absolute Gasteiger partial charge is 0.273 e. The second kappa shape index (κ2) is 7.45. The molecule has 0 N–H and O–H groups in total. The molecular weight excluding hydrogens is 423 g/mol. The van der Waals surface area contributed by atoms with Crippen LogP contribution < -0.4 is 9.96 Å². The monoisotopic (exact) mass is 439 g/mol. The fourth-order valence-electron chi connectivity index (χ4n) is 4.19. The number of carbonyl (C=O) groups is 2. The Morgan fingerprint density at radius 3 is 2.22 bits per heavy atom. The average molecular weight is 439 g/mol. The third-order valence-electron chi connectivity index (χ3n) is 5.61. The van der Waals surface area contributed by atoms with Crippen LogP contribution in [0.5, 0.6) is 0 Å². The number of amides is 2. The number of benzene rings is 2. The number of pyridine rings is 1. The Morgan fingerprint density at radius 1 is 0.844 bits per heavy atom. The SMILES string of the molecule is O=C1[C@@H]2[C@@H](c3ccncc3)N(c3ccccc3)O[C@H]2C(=O)N1c1cccc(C(F)(F)F)c1. The largest absolute Gasteiger partial charge is 0.416 e. The van der Waals surface area contributed by atoms with Crippen molar-refractivity contribution in [3.8, 4) is 0 Å². The summed E-state index contributed by atoms with van der Waals surface area (Å²) in [4.78, 5) is 37.3. The first-order valence-corrected chi connectivity index (χ1v) is 9.82. The molecule has 0 radical (unpaired) electrons. The van der Waals surface area contributed by atoms with E-state index in [1.807, 2.05) is 6.07 Å². The first kappa shape index (κ1) is 20.2. The molecule has 2 amide bonds. The van der Waals surface area contributed by atoms with Crippen LogP contribution in [-0.4, -0.2) is 22.9 Å². The Hall–Kier alpha value is -3.72. The molecule has 0 bridgehead atoms. The summed E-state index contributed by atoms with van der Waals surface area (Å²) >= 11 is 0. The van der Waals surface area contributed by atoms with Gasteiger partial charge in [0.25, 0.3) is 5.91 Å². The summed E-state index contributed by atoms with van der Waals surface area (Å²) in [5.41, 5.74) is 0.274. The summed E-state index contributed by atoms with van der Waals surface area (Å²) in [6.07, 6.45) is -2.62. The second-order valence-corrected chi connectivity index (χ2v) is 7.50. The normalized spacial score (nSPS) is 23.0. The molecule has 32 heavy (non-hydrogen) atoms. The van der Waals surface area contributed by atoms with Gasteiger partial charge < -0.3 is 0 Å². The van der Waals surface area contributed by atoms with E-state index < -0.39 is 41.6 Å². The van der Waals surface area contributed by atoms with Crippen LogP contribution in [0.15, 0.2) is 79.1 Å². The summed E-state index contributed by atoms with van der Waals surface area (Å²) < 4.78 is 39.5. The lowest BCUT2D eigenvalue weighted by Gasteiger charge is -2.28. The van der Waals surface area contributed by atoms with E-state index in [2.05, 4.69) is 4.98 Å². The Bertz CT molecular complexity index is 1170. The average Bonchev–Trinajstić information content (AvgIpc) is 3.30. The lowest BCUT2D eigenvalue weighted by Crippen LogP contribution is -2.37. The highest BCUT2D eigenvalue weighted by molar-refractivity contribution is 6.24. The maximum atomic E-state index is 13.4. The van der Waals surface area contributed by atoms with E-state index in [1.54, 1.807) is 48.8 Å². The highest BCUT2D eigenvalue weighted by Gasteiger charge is 2.60. The maximum Gasteiger partial charge on any atom is 0.416 e. The van der Waals surface area contributed by atoms with Crippen LogP contribution in [-0.2, 0) is 20.6 Å². The van der Waals surface area contributed by atoms with Gasteiger partial charge in [-0.15, -0.1) is 0 Å². The van der Waals surface area contributed by atoms with Crippen LogP contribution >= 0.6 is 0 Å². The maximum absolute atomic E-state index is 13.4. The van der Waals surface area contributed by atoms with Gasteiger partial charge in [-0.3, -0.25) is 19.4 Å². The molecule has 2 aromatic carbocycles. The Kier molecular flexibility index (Phi) is 4.70. The Morgan fingerprint density at radius 2 is 1.53 bits per heavy atom. The van der Waals surface area contributed by atoms with Crippen molar-refractivity contribution < 1.29 is 27.6 Å². The molecule has 3 heterocycles. The molecule has 5 rings (SSSR count). The van der Waals surface area contributed by atoms with Gasteiger partial charge in [0.05, 0.1) is 23.0 Å². The van der Waals surface area contributed by atoms with Gasteiger partial charge in [0.2, 0.25) is 5.91 Å². The van der Waals surface area contributed by atoms with Crippen LogP contribution in [0.1, 0.15) is 17.2 Å². The van der Waals surface area contributed by atoms with Crippen molar-refractivity contribution in [1.82, 2.24) is 4.98 Å². The third-order valence-corrected chi connectivity index (χ3v) is 5.61. The number of nitrogens with zero attached hydrogens (tertiary/aromatic N) is 3. The Balaban J connectivity index is 1.56. The molecule has 2 aliphatic heterocycles. The van der Waals surface area contributed by atoms with Crippen LogP contribution in [0.4, 0.5) is 24.5 Å². The predicted octanol–water partition coefficient (Wildman–Crippen LogP) is 4.15. The van der Waals surface area contributed by atoms with Crippen molar-refractivity contribution in [2.45, 2.75) is 18.3 Å². The lowest BCUT2D eigenvalue weighted by atomic mass is 9.91. The van der Waals surface area contributed by atoms with Crippen molar-refractivity contribution in [3.63, 3.8) is 0 Å². The van der Waals surface area contributed by atoms with Crippen LogP contribution in [0.3, 0.4) is 0 Å². The molecule has 0 spiro atoms. The number of rotatable bonds is 3. The zero-order valence-electron chi connectivity index (χ0n) is 16.4. The van der Waals surface area contributed by atoms with Crippen LogP contribution in [0, 0.1) is 5.92 Å². The van der Waals surface area contributed by atoms with E-state index in [0.717, 1.165) is 17.0 Å². The fourth-order valence-corrected chi connectivity index (χ4v) is 4.19. The van der Waals surface area contributed by atoms with Crippen molar-refractivity contribution in [1.29, 1.82) is 0 Å². The van der Waals surface area contributed by atoms with E-state index in [4.69, 9.17) is 4.84 Å². The van der Waals surface area contributed by atoms with E-state index in [9.17, 15) is 22.8 Å². The van der Waals surface area contributed by atoms with Crippen molar-refractivity contribution >= 4 is 23.2 Å².